The summed E-state index contributed by atoms with van der Waals surface area (Å²) in [6, 6.07) is 3.70. The second kappa shape index (κ2) is 4.30. The molecule has 3 nitrogen and oxygen atoms in total. The smallest absolute Gasteiger partial charge is 0.143 e. The molecule has 1 fully saturated rings. The first-order valence-corrected chi connectivity index (χ1v) is 6.23. The van der Waals surface area contributed by atoms with E-state index in [4.69, 9.17) is 4.74 Å². The van der Waals surface area contributed by atoms with Crippen LogP contribution in [0.3, 0.4) is 0 Å². The summed E-state index contributed by atoms with van der Waals surface area (Å²) in [5, 5.41) is 11.0. The van der Waals surface area contributed by atoms with Gasteiger partial charge < -0.3 is 9.84 Å². The van der Waals surface area contributed by atoms with Crippen LogP contribution in [0, 0.1) is 5.41 Å². The summed E-state index contributed by atoms with van der Waals surface area (Å²) in [6.45, 7) is 4.22. The predicted molar refractivity (Wildman–Crippen MR) is 66.9 cm³/mol. The molecule has 1 aliphatic carbocycles. The van der Waals surface area contributed by atoms with Gasteiger partial charge in [0.2, 0.25) is 0 Å². The van der Waals surface area contributed by atoms with E-state index in [0.29, 0.717) is 11.4 Å². The lowest BCUT2D eigenvalue weighted by molar-refractivity contribution is -0.108. The van der Waals surface area contributed by atoms with Crippen LogP contribution in [0.4, 0.5) is 0 Å². The fourth-order valence-electron chi connectivity index (χ4n) is 2.80. The van der Waals surface area contributed by atoms with E-state index in [1.54, 1.807) is 13.3 Å². The normalized spacial score (nSPS) is 27.8. The molecule has 0 spiro atoms. The van der Waals surface area contributed by atoms with E-state index in [-0.39, 0.29) is 5.41 Å². The molecular weight excluding hydrogens is 214 g/mol. The van der Waals surface area contributed by atoms with Crippen molar-refractivity contribution in [3.63, 3.8) is 0 Å². The molecule has 0 bridgehead atoms. The second-order valence-corrected chi connectivity index (χ2v) is 5.51. The lowest BCUT2D eigenvalue weighted by Gasteiger charge is -2.46. The molecule has 1 aromatic rings. The largest absolute Gasteiger partial charge is 0.495 e. The zero-order valence-electron chi connectivity index (χ0n) is 10.9. The number of aromatic nitrogens is 1. The Bertz CT molecular complexity index is 403. The third-order valence-electron chi connectivity index (χ3n) is 4.09. The maximum absolute atomic E-state index is 11.0. The molecule has 0 aromatic carbocycles. The quantitative estimate of drug-likeness (QED) is 0.857. The van der Waals surface area contributed by atoms with Gasteiger partial charge in [0.15, 0.2) is 0 Å². The van der Waals surface area contributed by atoms with Crippen LogP contribution >= 0.6 is 0 Å². The summed E-state index contributed by atoms with van der Waals surface area (Å²) in [6.07, 6.45) is 5.71. The van der Waals surface area contributed by atoms with E-state index in [9.17, 15) is 5.11 Å². The average Bonchev–Trinajstić information content (AvgIpc) is 2.33. The van der Waals surface area contributed by atoms with Gasteiger partial charge in [-0.05, 0) is 30.4 Å². The lowest BCUT2D eigenvalue weighted by atomic mass is 9.64. The van der Waals surface area contributed by atoms with E-state index in [0.717, 1.165) is 19.3 Å². The van der Waals surface area contributed by atoms with E-state index < -0.39 is 5.60 Å². The van der Waals surface area contributed by atoms with Crippen molar-refractivity contribution in [1.82, 2.24) is 4.98 Å². The van der Waals surface area contributed by atoms with Crippen molar-refractivity contribution in [3.8, 4) is 5.75 Å². The van der Waals surface area contributed by atoms with Gasteiger partial charge >= 0.3 is 0 Å². The molecule has 0 aliphatic heterocycles. The van der Waals surface area contributed by atoms with Crippen molar-refractivity contribution in [2.75, 3.05) is 7.11 Å². The fraction of sp³-hybridized carbons (Fsp3) is 0.643. The molecular formula is C14H21NO2. The first-order valence-electron chi connectivity index (χ1n) is 6.23. The van der Waals surface area contributed by atoms with Gasteiger partial charge in [0.1, 0.15) is 17.0 Å². The molecule has 1 aromatic heterocycles. The van der Waals surface area contributed by atoms with Crippen LogP contribution in [-0.4, -0.2) is 17.2 Å². The summed E-state index contributed by atoms with van der Waals surface area (Å²) in [5.41, 5.74) is -0.350. The topological polar surface area (TPSA) is 42.4 Å². The SMILES string of the molecule is COc1cccnc1C1(O)CCCCC1(C)C. The highest BCUT2D eigenvalue weighted by Crippen LogP contribution is 2.51. The standard InChI is InChI=1S/C14H21NO2/c1-13(2)8-4-5-9-14(13,16)12-11(17-3)7-6-10-15-12/h6-7,10,16H,4-5,8-9H2,1-3H3. The third-order valence-corrected chi connectivity index (χ3v) is 4.09. The van der Waals surface area contributed by atoms with Crippen molar-refractivity contribution >= 4 is 0 Å². The highest BCUT2D eigenvalue weighted by molar-refractivity contribution is 5.33. The molecule has 1 heterocycles. The fourth-order valence-corrected chi connectivity index (χ4v) is 2.80. The first kappa shape index (κ1) is 12.4. The summed E-state index contributed by atoms with van der Waals surface area (Å²) >= 11 is 0. The van der Waals surface area contributed by atoms with Gasteiger partial charge in [-0.2, -0.15) is 0 Å². The number of aliphatic hydroxyl groups is 1. The molecule has 2 rings (SSSR count). The highest BCUT2D eigenvalue weighted by atomic mass is 16.5. The van der Waals surface area contributed by atoms with E-state index in [1.165, 1.54) is 6.42 Å². The molecule has 0 amide bonds. The third kappa shape index (κ3) is 1.93. The van der Waals surface area contributed by atoms with Crippen LogP contribution in [0.5, 0.6) is 5.75 Å². The van der Waals surface area contributed by atoms with Crippen molar-refractivity contribution in [1.29, 1.82) is 0 Å². The van der Waals surface area contributed by atoms with Gasteiger partial charge in [0.25, 0.3) is 0 Å². The number of rotatable bonds is 2. The molecule has 1 N–H and O–H groups in total. The molecule has 1 unspecified atom stereocenters. The Balaban J connectivity index is 2.49. The number of hydrogen-bond donors (Lipinski definition) is 1. The summed E-state index contributed by atoms with van der Waals surface area (Å²) in [7, 11) is 1.62. The van der Waals surface area contributed by atoms with Crippen LogP contribution in [-0.2, 0) is 5.60 Å². The number of hydrogen-bond acceptors (Lipinski definition) is 3. The summed E-state index contributed by atoms with van der Waals surface area (Å²) in [4.78, 5) is 4.37. The Labute approximate surface area is 103 Å². The molecule has 17 heavy (non-hydrogen) atoms. The van der Waals surface area contributed by atoms with Gasteiger partial charge in [0.05, 0.1) is 7.11 Å². The number of pyridine rings is 1. The van der Waals surface area contributed by atoms with Crippen molar-refractivity contribution < 1.29 is 9.84 Å². The van der Waals surface area contributed by atoms with Gasteiger partial charge in [-0.3, -0.25) is 4.98 Å². The average molecular weight is 235 g/mol. The molecule has 1 aliphatic rings. The maximum atomic E-state index is 11.0. The van der Waals surface area contributed by atoms with Crippen LogP contribution in [0.25, 0.3) is 0 Å². The maximum Gasteiger partial charge on any atom is 0.143 e. The minimum atomic E-state index is -0.877. The molecule has 0 radical (unpaired) electrons. The molecule has 3 heteroatoms. The minimum Gasteiger partial charge on any atom is -0.495 e. The predicted octanol–water partition coefficient (Wildman–Crippen LogP) is 2.88. The Hall–Kier alpha value is -1.09. The Kier molecular flexibility index (Phi) is 3.13. The van der Waals surface area contributed by atoms with E-state index in [1.807, 2.05) is 12.1 Å². The number of nitrogens with zero attached hydrogens (tertiary/aromatic N) is 1. The highest BCUT2D eigenvalue weighted by Gasteiger charge is 2.48. The van der Waals surface area contributed by atoms with Gasteiger partial charge in [0, 0.05) is 6.20 Å². The van der Waals surface area contributed by atoms with Crippen molar-refractivity contribution in [3.05, 3.63) is 24.0 Å². The van der Waals surface area contributed by atoms with Gasteiger partial charge in [-0.25, -0.2) is 0 Å². The van der Waals surface area contributed by atoms with Crippen LogP contribution in [0.2, 0.25) is 0 Å². The number of methoxy groups -OCH3 is 1. The van der Waals surface area contributed by atoms with Crippen molar-refractivity contribution in [2.24, 2.45) is 5.41 Å². The Morgan fingerprint density at radius 3 is 2.65 bits per heavy atom. The second-order valence-electron chi connectivity index (χ2n) is 5.51. The minimum absolute atomic E-state index is 0.160. The van der Waals surface area contributed by atoms with Crippen molar-refractivity contribution in [2.45, 2.75) is 45.1 Å². The number of ether oxygens (including phenoxy) is 1. The first-order chi connectivity index (χ1) is 8.01. The molecule has 94 valence electrons. The van der Waals surface area contributed by atoms with Gasteiger partial charge in [-0.1, -0.05) is 26.7 Å². The zero-order chi connectivity index (χ0) is 12.5. The van der Waals surface area contributed by atoms with E-state index in [2.05, 4.69) is 18.8 Å². The summed E-state index contributed by atoms with van der Waals surface area (Å²) in [5.74, 6) is 0.685. The summed E-state index contributed by atoms with van der Waals surface area (Å²) < 4.78 is 5.33. The van der Waals surface area contributed by atoms with Crippen LogP contribution in [0.15, 0.2) is 18.3 Å². The Morgan fingerprint density at radius 2 is 2.00 bits per heavy atom. The van der Waals surface area contributed by atoms with Crippen LogP contribution < -0.4 is 4.74 Å². The van der Waals surface area contributed by atoms with Gasteiger partial charge in [-0.15, -0.1) is 0 Å². The van der Waals surface area contributed by atoms with E-state index >= 15 is 0 Å². The zero-order valence-corrected chi connectivity index (χ0v) is 10.9. The van der Waals surface area contributed by atoms with Crippen LogP contribution in [0.1, 0.15) is 45.2 Å². The molecule has 1 atom stereocenters. The Morgan fingerprint density at radius 1 is 1.29 bits per heavy atom. The molecule has 0 saturated heterocycles. The monoisotopic (exact) mass is 235 g/mol. The molecule has 1 saturated carbocycles. The lowest BCUT2D eigenvalue weighted by Crippen LogP contribution is -2.45.